The molecule has 0 bridgehead atoms. The van der Waals surface area contributed by atoms with Crippen LogP contribution in [0.5, 0.6) is 0 Å². The molecule has 0 unspecified atom stereocenters. The van der Waals surface area contributed by atoms with Gasteiger partial charge in [-0.2, -0.15) is 9.78 Å². The van der Waals surface area contributed by atoms with Crippen LogP contribution in [0, 0.1) is 5.82 Å². The van der Waals surface area contributed by atoms with Gasteiger partial charge in [0.05, 0.1) is 5.69 Å². The molecule has 0 spiro atoms. The Kier molecular flexibility index (Phi) is 4.74. The van der Waals surface area contributed by atoms with Crippen LogP contribution in [0.1, 0.15) is 23.8 Å². The van der Waals surface area contributed by atoms with Crippen LogP contribution in [-0.4, -0.2) is 26.6 Å². The van der Waals surface area contributed by atoms with Crippen molar-refractivity contribution in [1.29, 1.82) is 0 Å². The molecule has 21 heavy (non-hydrogen) atoms. The molecule has 5 nitrogen and oxygen atoms in total. The third kappa shape index (κ3) is 3.49. The summed E-state index contributed by atoms with van der Waals surface area (Å²) in [5.41, 5.74) is -0.321. The number of carboxylic acids is 1. The van der Waals surface area contributed by atoms with Crippen molar-refractivity contribution in [2.45, 2.75) is 18.2 Å². The molecule has 1 heterocycles. The first-order valence-corrected chi connectivity index (χ1v) is 7.28. The van der Waals surface area contributed by atoms with Gasteiger partial charge in [0, 0.05) is 11.0 Å². The molecule has 2 aromatic rings. The summed E-state index contributed by atoms with van der Waals surface area (Å²) in [6.07, 6.45) is 0.852. The van der Waals surface area contributed by atoms with Gasteiger partial charge in [0.15, 0.2) is 5.69 Å². The Morgan fingerprint density at radius 2 is 2.05 bits per heavy atom. The largest absolute Gasteiger partial charge is 0.476 e. The van der Waals surface area contributed by atoms with Crippen LogP contribution < -0.4 is 5.56 Å². The Morgan fingerprint density at radius 1 is 1.38 bits per heavy atom. The van der Waals surface area contributed by atoms with Crippen molar-refractivity contribution < 1.29 is 14.3 Å². The molecular weight excluding hydrogens is 295 g/mol. The van der Waals surface area contributed by atoms with Gasteiger partial charge in [-0.15, -0.1) is 11.8 Å². The molecule has 0 saturated carbocycles. The van der Waals surface area contributed by atoms with E-state index >= 15 is 0 Å². The second kappa shape index (κ2) is 6.53. The number of benzene rings is 1. The highest BCUT2D eigenvalue weighted by molar-refractivity contribution is 7.99. The Balaban J connectivity index is 2.53. The van der Waals surface area contributed by atoms with E-state index in [-0.39, 0.29) is 5.69 Å². The summed E-state index contributed by atoms with van der Waals surface area (Å²) < 4.78 is 13.9. The van der Waals surface area contributed by atoms with Crippen molar-refractivity contribution in [3.63, 3.8) is 0 Å². The highest BCUT2D eigenvalue weighted by Gasteiger charge is 2.16. The molecule has 7 heteroatoms. The molecule has 0 saturated heterocycles. The Bertz CT molecular complexity index is 713. The van der Waals surface area contributed by atoms with Gasteiger partial charge in [-0.1, -0.05) is 6.92 Å². The van der Waals surface area contributed by atoms with E-state index in [4.69, 9.17) is 0 Å². The van der Waals surface area contributed by atoms with E-state index in [9.17, 15) is 19.1 Å². The molecule has 1 aromatic heterocycles. The number of rotatable bonds is 5. The maximum Gasteiger partial charge on any atom is 0.357 e. The third-order valence-electron chi connectivity index (χ3n) is 2.63. The van der Waals surface area contributed by atoms with Crippen LogP contribution in [0.4, 0.5) is 4.39 Å². The van der Waals surface area contributed by atoms with E-state index in [2.05, 4.69) is 5.10 Å². The van der Waals surface area contributed by atoms with Crippen LogP contribution in [0.15, 0.2) is 40.0 Å². The van der Waals surface area contributed by atoms with Gasteiger partial charge in [-0.25, -0.2) is 9.18 Å². The lowest BCUT2D eigenvalue weighted by atomic mass is 10.3. The first kappa shape index (κ1) is 15.2. The fourth-order valence-corrected chi connectivity index (χ4v) is 2.55. The van der Waals surface area contributed by atoms with E-state index in [1.165, 1.54) is 42.1 Å². The summed E-state index contributed by atoms with van der Waals surface area (Å²) in [5, 5.41) is 13.1. The van der Waals surface area contributed by atoms with Crippen LogP contribution in [0.2, 0.25) is 0 Å². The number of hydrogen-bond acceptors (Lipinski definition) is 4. The predicted octanol–water partition coefficient (Wildman–Crippen LogP) is 2.57. The lowest BCUT2D eigenvalue weighted by Gasteiger charge is -2.09. The van der Waals surface area contributed by atoms with Crippen LogP contribution in [0.25, 0.3) is 5.69 Å². The van der Waals surface area contributed by atoms with Crippen LogP contribution in [0.3, 0.4) is 0 Å². The number of thioether (sulfide) groups is 1. The number of halogens is 1. The highest BCUT2D eigenvalue weighted by Crippen LogP contribution is 2.21. The average molecular weight is 308 g/mol. The van der Waals surface area contributed by atoms with Gasteiger partial charge in [0.25, 0.3) is 5.56 Å². The fourth-order valence-electron chi connectivity index (χ4n) is 1.68. The Hall–Kier alpha value is -2.15. The minimum atomic E-state index is -1.20. The summed E-state index contributed by atoms with van der Waals surface area (Å²) in [6.45, 7) is 1.96. The van der Waals surface area contributed by atoms with E-state index in [1.54, 1.807) is 0 Å². The summed E-state index contributed by atoms with van der Waals surface area (Å²) in [7, 11) is 0. The molecule has 2 rings (SSSR count). The zero-order valence-electron chi connectivity index (χ0n) is 11.2. The predicted molar refractivity (Wildman–Crippen MR) is 77.8 cm³/mol. The van der Waals surface area contributed by atoms with E-state index in [0.29, 0.717) is 16.3 Å². The fraction of sp³-hybridized carbons (Fsp3) is 0.214. The highest BCUT2D eigenvalue weighted by atomic mass is 32.2. The lowest BCUT2D eigenvalue weighted by Crippen LogP contribution is -2.24. The molecule has 110 valence electrons. The smallest absolute Gasteiger partial charge is 0.357 e. The SMILES string of the molecule is CCCSc1cc(=O)n(-c2ccc(F)cc2)nc1C(=O)O. The second-order valence-electron chi connectivity index (χ2n) is 4.24. The molecule has 0 aliphatic rings. The molecule has 0 aliphatic heterocycles. The normalized spacial score (nSPS) is 10.6. The molecule has 0 fully saturated rings. The summed E-state index contributed by atoms with van der Waals surface area (Å²) in [6, 6.07) is 6.36. The number of hydrogen-bond donors (Lipinski definition) is 1. The maximum atomic E-state index is 12.9. The number of carboxylic acid groups (broad SMARTS) is 1. The molecule has 1 aromatic carbocycles. The van der Waals surface area contributed by atoms with Crippen molar-refractivity contribution in [3.05, 3.63) is 52.2 Å². The zero-order valence-corrected chi connectivity index (χ0v) is 12.1. The lowest BCUT2D eigenvalue weighted by molar-refractivity contribution is 0.0684. The van der Waals surface area contributed by atoms with Crippen molar-refractivity contribution >= 4 is 17.7 Å². The van der Waals surface area contributed by atoms with Gasteiger partial charge in [-0.05, 0) is 36.4 Å². The van der Waals surface area contributed by atoms with Gasteiger partial charge in [0.2, 0.25) is 0 Å². The Morgan fingerprint density at radius 3 is 2.62 bits per heavy atom. The quantitative estimate of drug-likeness (QED) is 0.860. The molecule has 0 amide bonds. The molecule has 1 N–H and O–H groups in total. The van der Waals surface area contributed by atoms with E-state index in [0.717, 1.165) is 11.1 Å². The number of carbonyl (C=O) groups is 1. The van der Waals surface area contributed by atoms with Crippen molar-refractivity contribution in [2.75, 3.05) is 5.75 Å². The van der Waals surface area contributed by atoms with Gasteiger partial charge >= 0.3 is 5.97 Å². The Labute approximate surface area is 124 Å². The summed E-state index contributed by atoms with van der Waals surface area (Å²) in [5.74, 6) is -0.952. The molecule has 0 aliphatic carbocycles. The number of nitrogens with zero attached hydrogens (tertiary/aromatic N) is 2. The standard InChI is InChI=1S/C14H13FN2O3S/c1-2-7-21-11-8-12(18)17(16-13(11)14(19)20)10-5-3-9(15)4-6-10/h3-6,8H,2,7H2,1H3,(H,19,20). The minimum Gasteiger partial charge on any atom is -0.476 e. The zero-order chi connectivity index (χ0) is 15.4. The third-order valence-corrected chi connectivity index (χ3v) is 3.87. The van der Waals surface area contributed by atoms with Crippen molar-refractivity contribution in [1.82, 2.24) is 9.78 Å². The molecule has 0 atom stereocenters. The van der Waals surface area contributed by atoms with Crippen molar-refractivity contribution in [3.8, 4) is 5.69 Å². The summed E-state index contributed by atoms with van der Waals surface area (Å²) in [4.78, 5) is 23.7. The first-order valence-electron chi connectivity index (χ1n) is 6.29. The molecule has 0 radical (unpaired) electrons. The topological polar surface area (TPSA) is 72.2 Å². The van der Waals surface area contributed by atoms with E-state index in [1.807, 2.05) is 6.92 Å². The second-order valence-corrected chi connectivity index (χ2v) is 5.37. The van der Waals surface area contributed by atoms with Crippen LogP contribution in [-0.2, 0) is 0 Å². The maximum absolute atomic E-state index is 12.9. The van der Waals surface area contributed by atoms with Crippen LogP contribution >= 0.6 is 11.8 Å². The number of aromatic carboxylic acids is 1. The molecular formula is C14H13FN2O3S. The van der Waals surface area contributed by atoms with Gasteiger partial charge < -0.3 is 5.11 Å². The van der Waals surface area contributed by atoms with Crippen molar-refractivity contribution in [2.24, 2.45) is 0 Å². The number of aromatic nitrogens is 2. The summed E-state index contributed by atoms with van der Waals surface area (Å²) >= 11 is 1.28. The first-order chi connectivity index (χ1) is 10.0. The average Bonchev–Trinajstić information content (AvgIpc) is 2.46. The minimum absolute atomic E-state index is 0.183. The van der Waals surface area contributed by atoms with E-state index < -0.39 is 17.3 Å². The van der Waals surface area contributed by atoms with Gasteiger partial charge in [0.1, 0.15) is 5.82 Å². The monoisotopic (exact) mass is 308 g/mol. The van der Waals surface area contributed by atoms with Gasteiger partial charge in [-0.3, -0.25) is 4.79 Å².